The van der Waals surface area contributed by atoms with Crippen LogP contribution in [0.2, 0.25) is 0 Å². The molecule has 4 aromatic rings. The number of rotatable bonds is 0. The van der Waals surface area contributed by atoms with Crippen LogP contribution < -0.4 is 21.7 Å². The zero-order valence-corrected chi connectivity index (χ0v) is 14.2. The van der Waals surface area contributed by atoms with Gasteiger partial charge in [-0.05, 0) is 72.8 Å². The molecule has 0 atom stereocenters. The Labute approximate surface area is 145 Å². The lowest BCUT2D eigenvalue weighted by molar-refractivity contribution is 0.502. The van der Waals surface area contributed by atoms with Crippen molar-refractivity contribution in [3.05, 3.63) is 89.7 Å². The molecule has 0 saturated carbocycles. The van der Waals surface area contributed by atoms with Gasteiger partial charge in [0.15, 0.2) is 0 Å². The lowest BCUT2D eigenvalue weighted by Gasteiger charge is -1.84. The summed E-state index contributed by atoms with van der Waals surface area (Å²) in [6, 6.07) is 16.4. The third-order valence-electron chi connectivity index (χ3n) is 3.73. The van der Waals surface area contributed by atoms with Crippen LogP contribution in [0.25, 0.3) is 24.3 Å². The number of thiophene rings is 2. The van der Waals surface area contributed by atoms with Crippen molar-refractivity contribution in [1.29, 1.82) is 0 Å². The van der Waals surface area contributed by atoms with Gasteiger partial charge in [-0.25, -0.2) is 0 Å². The lowest BCUT2D eigenvalue weighted by atomic mass is 10.3. The van der Waals surface area contributed by atoms with Crippen molar-refractivity contribution in [3.63, 3.8) is 0 Å². The van der Waals surface area contributed by atoms with E-state index in [2.05, 4.69) is 48.6 Å². The van der Waals surface area contributed by atoms with Gasteiger partial charge in [-0.2, -0.15) is 0 Å². The second kappa shape index (κ2) is 5.51. The van der Waals surface area contributed by atoms with Gasteiger partial charge in [-0.15, -0.1) is 22.7 Å². The molecule has 0 fully saturated rings. The van der Waals surface area contributed by atoms with E-state index in [0.717, 1.165) is 41.2 Å². The topological polar surface area (TPSA) is 26.3 Å². The molecule has 0 aliphatic carbocycles. The fourth-order valence-corrected chi connectivity index (χ4v) is 4.44. The molecule has 4 aromatic heterocycles. The predicted molar refractivity (Wildman–Crippen MR) is 98.8 cm³/mol. The lowest BCUT2D eigenvalue weighted by Crippen LogP contribution is -1.99. The molecule has 116 valence electrons. The van der Waals surface area contributed by atoms with E-state index in [1.807, 2.05) is 24.3 Å². The SMILES string of the molecule is C1=c2/cc/c(o2)=C/c2ccc(s2)/C=c2/cc/c(o2)=C/c2ccc/1s2. The molecule has 5 heterocycles. The normalized spacial score (nSPS) is 18.3. The van der Waals surface area contributed by atoms with Crippen molar-refractivity contribution in [2.45, 2.75) is 0 Å². The van der Waals surface area contributed by atoms with Gasteiger partial charge in [0.25, 0.3) is 0 Å². The second-order valence-corrected chi connectivity index (χ2v) is 7.83. The highest BCUT2D eigenvalue weighted by molar-refractivity contribution is 7.14. The molecule has 0 amide bonds. The van der Waals surface area contributed by atoms with Gasteiger partial charge < -0.3 is 8.83 Å². The van der Waals surface area contributed by atoms with E-state index < -0.39 is 0 Å². The fourth-order valence-electron chi connectivity index (χ4n) is 2.66. The van der Waals surface area contributed by atoms with Crippen LogP contribution in [0.4, 0.5) is 0 Å². The van der Waals surface area contributed by atoms with Gasteiger partial charge in [0.2, 0.25) is 0 Å². The summed E-state index contributed by atoms with van der Waals surface area (Å²) in [5.41, 5.74) is 3.46. The maximum absolute atomic E-state index is 5.91. The first-order valence-corrected chi connectivity index (χ1v) is 9.22. The third kappa shape index (κ3) is 2.70. The largest absolute Gasteiger partial charge is 0.457 e. The van der Waals surface area contributed by atoms with Crippen LogP contribution in [0.15, 0.2) is 57.4 Å². The quantitative estimate of drug-likeness (QED) is 0.430. The van der Waals surface area contributed by atoms with Crippen LogP contribution in [0.1, 0.15) is 19.5 Å². The molecule has 5 rings (SSSR count). The second-order valence-electron chi connectivity index (χ2n) is 5.54. The minimum Gasteiger partial charge on any atom is -0.457 e. The Hall–Kier alpha value is -2.56. The number of fused-ring (bicyclic) bond motifs is 8. The van der Waals surface area contributed by atoms with Gasteiger partial charge in [0, 0.05) is 19.5 Å². The highest BCUT2D eigenvalue weighted by Gasteiger charge is 2.00. The van der Waals surface area contributed by atoms with Crippen LogP contribution >= 0.6 is 22.7 Å². The number of furan rings is 2. The monoisotopic (exact) mass is 348 g/mol. The van der Waals surface area contributed by atoms with Crippen molar-refractivity contribution in [2.24, 2.45) is 0 Å². The smallest absolute Gasteiger partial charge is 0.128 e. The van der Waals surface area contributed by atoms with Gasteiger partial charge in [0.1, 0.15) is 21.7 Å². The molecule has 2 nitrogen and oxygen atoms in total. The van der Waals surface area contributed by atoms with Crippen LogP contribution in [0.3, 0.4) is 0 Å². The van der Waals surface area contributed by atoms with Crippen LogP contribution in [-0.2, 0) is 0 Å². The Bertz CT molecular complexity index is 1070. The Morgan fingerprint density at radius 2 is 0.708 bits per heavy atom. The minimum atomic E-state index is 0.866. The first-order valence-electron chi connectivity index (χ1n) is 7.59. The molecule has 1 aliphatic heterocycles. The van der Waals surface area contributed by atoms with Crippen LogP contribution in [0.5, 0.6) is 0 Å². The average molecular weight is 348 g/mol. The number of hydrogen-bond donors (Lipinski definition) is 0. The minimum absolute atomic E-state index is 0.866. The third-order valence-corrected chi connectivity index (χ3v) is 5.69. The summed E-state index contributed by atoms with van der Waals surface area (Å²) in [7, 11) is 0. The van der Waals surface area contributed by atoms with Crippen molar-refractivity contribution >= 4 is 47.0 Å². The molecule has 1 aliphatic rings. The van der Waals surface area contributed by atoms with E-state index in [1.54, 1.807) is 22.7 Å². The van der Waals surface area contributed by atoms with Crippen LogP contribution in [0, 0.1) is 0 Å². The predicted octanol–water partition coefficient (Wildman–Crippen LogP) is 2.62. The Balaban J connectivity index is 1.79. The molecule has 4 heteroatoms. The molecule has 24 heavy (non-hydrogen) atoms. The van der Waals surface area contributed by atoms with E-state index in [0.29, 0.717) is 0 Å². The Kier molecular flexibility index (Phi) is 3.18. The van der Waals surface area contributed by atoms with Gasteiger partial charge >= 0.3 is 0 Å². The van der Waals surface area contributed by atoms with Crippen molar-refractivity contribution in [3.8, 4) is 0 Å². The first-order chi connectivity index (χ1) is 11.8. The summed E-state index contributed by atoms with van der Waals surface area (Å²) >= 11 is 3.42. The molecule has 0 spiro atoms. The highest BCUT2D eigenvalue weighted by atomic mass is 32.1. The summed E-state index contributed by atoms with van der Waals surface area (Å²) < 4.78 is 11.8. The summed E-state index contributed by atoms with van der Waals surface area (Å²) in [5.74, 6) is 0. The molecule has 0 aromatic carbocycles. The average Bonchev–Trinajstić information content (AvgIpc) is 3.32. The molecule has 0 N–H and O–H groups in total. The van der Waals surface area contributed by atoms with Gasteiger partial charge in [-0.1, -0.05) is 0 Å². The van der Waals surface area contributed by atoms with Crippen molar-refractivity contribution in [1.82, 2.24) is 0 Å². The van der Waals surface area contributed by atoms with E-state index in [9.17, 15) is 0 Å². The summed E-state index contributed by atoms with van der Waals surface area (Å²) in [6.45, 7) is 0. The fraction of sp³-hybridized carbons (Fsp3) is 0. The molecular weight excluding hydrogens is 336 g/mol. The van der Waals surface area contributed by atoms with E-state index in [4.69, 9.17) is 8.83 Å². The van der Waals surface area contributed by atoms with E-state index >= 15 is 0 Å². The molecule has 0 radical (unpaired) electrons. The maximum Gasteiger partial charge on any atom is 0.128 e. The molecule has 0 unspecified atom stereocenters. The van der Waals surface area contributed by atoms with Gasteiger partial charge in [-0.3, -0.25) is 0 Å². The van der Waals surface area contributed by atoms with Crippen molar-refractivity contribution < 1.29 is 8.83 Å². The summed E-state index contributed by atoms with van der Waals surface area (Å²) in [6.07, 6.45) is 8.25. The van der Waals surface area contributed by atoms with E-state index in [-0.39, 0.29) is 0 Å². The highest BCUT2D eigenvalue weighted by Crippen LogP contribution is 2.19. The first kappa shape index (κ1) is 13.8. The summed E-state index contributed by atoms with van der Waals surface area (Å²) in [5, 5.41) is 0. The standard InChI is InChI=1S/C20H12O2S2/c1-2-14-10-18-7-8-20(24-18)12-16-4-3-15(22-16)11-19-6-5-17(23-19)9-13(1)21-14/h1-12H/b13-9-,14-10-,15-11-,16-12-,17-9?,18-10?,19-11?,20-12?. The van der Waals surface area contributed by atoms with E-state index in [1.165, 1.54) is 0 Å². The molecule has 0 saturated heterocycles. The van der Waals surface area contributed by atoms with Crippen LogP contribution in [-0.4, -0.2) is 0 Å². The Morgan fingerprint density at radius 1 is 0.417 bits per heavy atom. The summed E-state index contributed by atoms with van der Waals surface area (Å²) in [4.78, 5) is 4.63. The number of hydrogen-bond acceptors (Lipinski definition) is 4. The molecule has 8 bridgehead atoms. The maximum atomic E-state index is 5.91. The van der Waals surface area contributed by atoms with Crippen molar-refractivity contribution in [2.75, 3.05) is 0 Å². The zero-order chi connectivity index (χ0) is 15.9. The zero-order valence-electron chi connectivity index (χ0n) is 12.6. The molecular formula is C20H12O2S2. The Morgan fingerprint density at radius 3 is 1.00 bits per heavy atom. The van der Waals surface area contributed by atoms with Gasteiger partial charge in [0.05, 0.1) is 0 Å².